The first-order valence-electron chi connectivity index (χ1n) is 9.37. The first-order chi connectivity index (χ1) is 13.9. The van der Waals surface area contributed by atoms with E-state index < -0.39 is 0 Å². The number of nitrogens with zero attached hydrogens (tertiary/aromatic N) is 2. The predicted octanol–water partition coefficient (Wildman–Crippen LogP) is 1.63. The Hall–Kier alpha value is -3.68. The molecule has 0 saturated heterocycles. The lowest BCUT2D eigenvalue weighted by Gasteiger charge is -2.15. The molecule has 3 aromatic rings. The Morgan fingerprint density at radius 3 is 2.62 bits per heavy atom. The second kappa shape index (κ2) is 7.38. The number of anilines is 2. The topological polar surface area (TPSA) is 104 Å². The van der Waals surface area contributed by atoms with E-state index in [9.17, 15) is 19.2 Å². The molecule has 2 heterocycles. The van der Waals surface area contributed by atoms with Gasteiger partial charge in [-0.3, -0.25) is 24.3 Å². The van der Waals surface area contributed by atoms with Crippen LogP contribution in [0.5, 0.6) is 0 Å². The van der Waals surface area contributed by atoms with Crippen LogP contribution in [0.3, 0.4) is 0 Å². The van der Waals surface area contributed by atoms with Gasteiger partial charge in [0.1, 0.15) is 0 Å². The summed E-state index contributed by atoms with van der Waals surface area (Å²) in [4.78, 5) is 50.3. The Kier molecular flexibility index (Phi) is 4.75. The summed E-state index contributed by atoms with van der Waals surface area (Å²) in [7, 11) is 0. The van der Waals surface area contributed by atoms with Gasteiger partial charge in [0.15, 0.2) is 0 Å². The third-order valence-corrected chi connectivity index (χ3v) is 5.09. The van der Waals surface area contributed by atoms with Crippen LogP contribution in [0.15, 0.2) is 52.1 Å². The highest BCUT2D eigenvalue weighted by atomic mass is 16.2. The second-order valence-electron chi connectivity index (χ2n) is 7.01. The minimum atomic E-state index is -0.366. The molecule has 148 valence electrons. The summed E-state index contributed by atoms with van der Waals surface area (Å²) in [6, 6.07) is 12.0. The van der Waals surface area contributed by atoms with Gasteiger partial charge in [-0.05, 0) is 42.3 Å². The molecular weight excluding hydrogens is 372 g/mol. The van der Waals surface area contributed by atoms with Crippen molar-refractivity contribution >= 4 is 34.0 Å². The van der Waals surface area contributed by atoms with Crippen molar-refractivity contribution in [2.75, 3.05) is 16.8 Å². The maximum absolute atomic E-state index is 12.5. The van der Waals surface area contributed by atoms with E-state index in [1.165, 1.54) is 6.92 Å². The van der Waals surface area contributed by atoms with Crippen molar-refractivity contribution in [1.29, 1.82) is 0 Å². The van der Waals surface area contributed by atoms with E-state index >= 15 is 0 Å². The summed E-state index contributed by atoms with van der Waals surface area (Å²) in [5.41, 5.74) is 1.81. The fourth-order valence-electron chi connectivity index (χ4n) is 3.65. The van der Waals surface area contributed by atoms with E-state index in [1.54, 1.807) is 35.2 Å². The fourth-order valence-corrected chi connectivity index (χ4v) is 3.65. The van der Waals surface area contributed by atoms with Crippen LogP contribution >= 0.6 is 0 Å². The molecule has 2 N–H and O–H groups in total. The van der Waals surface area contributed by atoms with Gasteiger partial charge in [-0.15, -0.1) is 0 Å². The standard InChI is InChI=1S/C21H20N4O4/c1-13(26)24-10-8-14-12-15(6-7-18(14)24)22-19(27)9-11-25-21(29)17-5-3-2-4-16(17)20(28)23-25/h2-7,12H,8-11H2,1H3,(H,22,27)(H,23,28). The van der Waals surface area contributed by atoms with Crippen molar-refractivity contribution in [2.45, 2.75) is 26.3 Å². The molecule has 8 nitrogen and oxygen atoms in total. The number of hydrogen-bond donors (Lipinski definition) is 2. The minimum absolute atomic E-state index is 0.00430. The molecule has 8 heteroatoms. The molecule has 0 aliphatic carbocycles. The van der Waals surface area contributed by atoms with Crippen LogP contribution in [0.4, 0.5) is 11.4 Å². The molecule has 0 unspecified atom stereocenters. The van der Waals surface area contributed by atoms with Crippen LogP contribution in [0.1, 0.15) is 18.9 Å². The number of carbonyl (C=O) groups excluding carboxylic acids is 2. The highest BCUT2D eigenvalue weighted by molar-refractivity contribution is 5.95. The summed E-state index contributed by atoms with van der Waals surface area (Å²) in [6.07, 6.45) is 0.775. The van der Waals surface area contributed by atoms with Crippen molar-refractivity contribution in [1.82, 2.24) is 9.78 Å². The number of hydrogen-bond acceptors (Lipinski definition) is 4. The van der Waals surface area contributed by atoms with Crippen LogP contribution in [0, 0.1) is 0 Å². The number of nitrogens with one attached hydrogen (secondary N) is 2. The quantitative estimate of drug-likeness (QED) is 0.704. The maximum atomic E-state index is 12.5. The first-order valence-corrected chi connectivity index (χ1v) is 9.37. The van der Waals surface area contributed by atoms with E-state index in [-0.39, 0.29) is 35.9 Å². The molecular formula is C21H20N4O4. The Morgan fingerprint density at radius 1 is 1.10 bits per heavy atom. The van der Waals surface area contributed by atoms with Crippen molar-refractivity contribution in [3.63, 3.8) is 0 Å². The van der Waals surface area contributed by atoms with Gasteiger partial charge in [0.25, 0.3) is 11.1 Å². The zero-order valence-electron chi connectivity index (χ0n) is 15.9. The predicted molar refractivity (Wildman–Crippen MR) is 110 cm³/mol. The molecule has 0 fully saturated rings. The van der Waals surface area contributed by atoms with Crippen molar-refractivity contribution < 1.29 is 9.59 Å². The molecule has 1 aliphatic rings. The number of rotatable bonds is 4. The number of amides is 2. The monoisotopic (exact) mass is 392 g/mol. The van der Waals surface area contributed by atoms with E-state index in [2.05, 4.69) is 10.4 Å². The second-order valence-corrected chi connectivity index (χ2v) is 7.01. The smallest absolute Gasteiger partial charge is 0.273 e. The highest BCUT2D eigenvalue weighted by Crippen LogP contribution is 2.30. The Labute approximate surface area is 165 Å². The van der Waals surface area contributed by atoms with Gasteiger partial charge < -0.3 is 10.2 Å². The highest BCUT2D eigenvalue weighted by Gasteiger charge is 2.22. The molecule has 0 saturated carbocycles. The van der Waals surface area contributed by atoms with Gasteiger partial charge in [-0.1, -0.05) is 12.1 Å². The van der Waals surface area contributed by atoms with E-state index in [1.807, 2.05) is 12.1 Å². The molecule has 2 aromatic carbocycles. The van der Waals surface area contributed by atoms with Gasteiger partial charge in [0.2, 0.25) is 11.8 Å². The average Bonchev–Trinajstić information content (AvgIpc) is 3.13. The van der Waals surface area contributed by atoms with Crippen molar-refractivity contribution in [3.05, 3.63) is 68.7 Å². The summed E-state index contributed by atoms with van der Waals surface area (Å²) >= 11 is 0. The summed E-state index contributed by atoms with van der Waals surface area (Å²) in [5, 5.41) is 5.98. The number of benzene rings is 2. The summed E-state index contributed by atoms with van der Waals surface area (Å²) in [6.45, 7) is 2.23. The number of H-pyrrole nitrogens is 1. The van der Waals surface area contributed by atoms with Gasteiger partial charge >= 0.3 is 0 Å². The Bertz CT molecular complexity index is 1240. The van der Waals surface area contributed by atoms with E-state index in [0.717, 1.165) is 22.4 Å². The fraction of sp³-hybridized carbons (Fsp3) is 0.238. The Balaban J connectivity index is 1.46. The SMILES string of the molecule is CC(=O)N1CCc2cc(NC(=O)CCn3[nH]c(=O)c4ccccc4c3=O)ccc21. The zero-order chi connectivity index (χ0) is 20.5. The molecule has 0 atom stereocenters. The zero-order valence-corrected chi connectivity index (χ0v) is 15.9. The molecule has 29 heavy (non-hydrogen) atoms. The maximum Gasteiger partial charge on any atom is 0.273 e. The number of fused-ring (bicyclic) bond motifs is 2. The van der Waals surface area contributed by atoms with Crippen molar-refractivity contribution in [2.24, 2.45) is 0 Å². The van der Waals surface area contributed by atoms with E-state index in [4.69, 9.17) is 0 Å². The van der Waals surface area contributed by atoms with Crippen LogP contribution in [0.2, 0.25) is 0 Å². The number of aryl methyl sites for hydroxylation is 1. The first kappa shape index (κ1) is 18.7. The average molecular weight is 392 g/mol. The summed E-state index contributed by atoms with van der Waals surface area (Å²) in [5.74, 6) is -0.275. The molecule has 1 aliphatic heterocycles. The lowest BCUT2D eigenvalue weighted by atomic mass is 10.1. The van der Waals surface area contributed by atoms with Gasteiger partial charge in [-0.2, -0.15) is 0 Å². The van der Waals surface area contributed by atoms with Crippen LogP contribution in [-0.4, -0.2) is 28.1 Å². The number of aromatic amines is 1. The number of carbonyl (C=O) groups is 2. The third-order valence-electron chi connectivity index (χ3n) is 5.09. The number of aromatic nitrogens is 2. The van der Waals surface area contributed by atoms with Gasteiger partial charge in [0.05, 0.1) is 17.3 Å². The lowest BCUT2D eigenvalue weighted by molar-refractivity contribution is -0.117. The summed E-state index contributed by atoms with van der Waals surface area (Å²) < 4.78 is 1.16. The van der Waals surface area contributed by atoms with Crippen molar-refractivity contribution in [3.8, 4) is 0 Å². The molecule has 0 spiro atoms. The van der Waals surface area contributed by atoms with Crippen LogP contribution in [0.25, 0.3) is 10.8 Å². The van der Waals surface area contributed by atoms with Crippen LogP contribution < -0.4 is 21.3 Å². The molecule has 4 rings (SSSR count). The Morgan fingerprint density at radius 2 is 1.86 bits per heavy atom. The normalized spacial score (nSPS) is 12.8. The third kappa shape index (κ3) is 3.56. The molecule has 0 radical (unpaired) electrons. The van der Waals surface area contributed by atoms with Gasteiger partial charge in [0, 0.05) is 31.3 Å². The molecule has 0 bridgehead atoms. The largest absolute Gasteiger partial charge is 0.326 e. The minimum Gasteiger partial charge on any atom is -0.326 e. The van der Waals surface area contributed by atoms with E-state index in [0.29, 0.717) is 23.0 Å². The van der Waals surface area contributed by atoms with Gasteiger partial charge in [-0.25, -0.2) is 4.68 Å². The molecule has 1 aromatic heterocycles. The van der Waals surface area contributed by atoms with Crippen LogP contribution in [-0.2, 0) is 22.6 Å². The lowest BCUT2D eigenvalue weighted by Crippen LogP contribution is -2.31. The molecule has 2 amide bonds.